The van der Waals surface area contributed by atoms with E-state index in [1.165, 1.54) is 26.0 Å². The molecule has 0 aliphatic heterocycles. The molecule has 0 radical (unpaired) electrons. The number of aromatic nitrogens is 1. The number of pyridine rings is 1. The van der Waals surface area contributed by atoms with Crippen molar-refractivity contribution in [1.29, 1.82) is 5.26 Å². The van der Waals surface area contributed by atoms with E-state index in [2.05, 4.69) is 11.4 Å². The van der Waals surface area contributed by atoms with Crippen LogP contribution in [-0.2, 0) is 4.79 Å². The second-order valence-corrected chi connectivity index (χ2v) is 10.7. The zero-order chi connectivity index (χ0) is 29.5. The Balaban J connectivity index is 1.75. The molecular weight excluding hydrogens is 558 g/mol. The van der Waals surface area contributed by atoms with Gasteiger partial charge in [-0.1, -0.05) is 60.1 Å². The lowest BCUT2D eigenvalue weighted by atomic mass is 9.98. The van der Waals surface area contributed by atoms with Gasteiger partial charge in [0.15, 0.2) is 0 Å². The number of benzene rings is 3. The molecule has 0 saturated carbocycles. The van der Waals surface area contributed by atoms with Gasteiger partial charge in [-0.2, -0.15) is 5.26 Å². The lowest BCUT2D eigenvalue weighted by Crippen LogP contribution is -2.25. The zero-order valence-electron chi connectivity index (χ0n) is 23.4. The van der Waals surface area contributed by atoms with Gasteiger partial charge in [-0.3, -0.25) is 4.79 Å². The molecule has 3 aromatic carbocycles. The van der Waals surface area contributed by atoms with Gasteiger partial charge in [-0.05, 0) is 55.3 Å². The first-order valence-electron chi connectivity index (χ1n) is 12.9. The molecule has 0 saturated heterocycles. The Morgan fingerprint density at radius 3 is 2.22 bits per heavy atom. The van der Waals surface area contributed by atoms with Crippen LogP contribution in [0.25, 0.3) is 22.4 Å². The summed E-state index contributed by atoms with van der Waals surface area (Å²) in [6, 6.07) is 23.0. The molecular formula is C32H30ClN3O4S. The Morgan fingerprint density at radius 2 is 1.63 bits per heavy atom. The summed E-state index contributed by atoms with van der Waals surface area (Å²) in [5.41, 5.74) is 5.12. The molecule has 1 atom stereocenters. The highest BCUT2D eigenvalue weighted by atomic mass is 35.5. The largest absolute Gasteiger partial charge is 0.497 e. The quantitative estimate of drug-likeness (QED) is 0.189. The van der Waals surface area contributed by atoms with Gasteiger partial charge in [0.25, 0.3) is 0 Å². The summed E-state index contributed by atoms with van der Waals surface area (Å²) in [4.78, 5) is 18.4. The minimum absolute atomic E-state index is 0.269. The lowest BCUT2D eigenvalue weighted by Gasteiger charge is -2.19. The average molecular weight is 588 g/mol. The summed E-state index contributed by atoms with van der Waals surface area (Å²) in [5.74, 6) is 1.31. The number of carbonyl (C=O) groups is 1. The molecule has 0 fully saturated rings. The van der Waals surface area contributed by atoms with Gasteiger partial charge >= 0.3 is 0 Å². The van der Waals surface area contributed by atoms with Crippen LogP contribution in [0.3, 0.4) is 0 Å². The van der Waals surface area contributed by atoms with Gasteiger partial charge in [0.1, 0.15) is 28.3 Å². The predicted molar refractivity (Wildman–Crippen MR) is 164 cm³/mol. The Morgan fingerprint density at radius 1 is 0.976 bits per heavy atom. The van der Waals surface area contributed by atoms with Crippen LogP contribution in [0.2, 0.25) is 5.02 Å². The first kappa shape index (κ1) is 29.8. The molecule has 1 N–H and O–H groups in total. The molecule has 1 amide bonds. The van der Waals surface area contributed by atoms with Crippen molar-refractivity contribution in [2.75, 3.05) is 26.6 Å². The summed E-state index contributed by atoms with van der Waals surface area (Å²) in [5, 5.41) is 13.5. The van der Waals surface area contributed by atoms with E-state index in [4.69, 9.17) is 30.8 Å². The molecule has 9 heteroatoms. The van der Waals surface area contributed by atoms with Gasteiger partial charge in [0.2, 0.25) is 5.91 Å². The van der Waals surface area contributed by atoms with Crippen molar-refractivity contribution in [1.82, 2.24) is 4.98 Å². The van der Waals surface area contributed by atoms with E-state index in [1.807, 2.05) is 68.4 Å². The minimum atomic E-state index is -0.558. The number of ether oxygens (including phenoxy) is 3. The van der Waals surface area contributed by atoms with Gasteiger partial charge < -0.3 is 19.5 Å². The molecule has 41 heavy (non-hydrogen) atoms. The third-order valence-corrected chi connectivity index (χ3v) is 8.14. The highest BCUT2D eigenvalue weighted by Gasteiger charge is 2.25. The molecule has 0 aliphatic carbocycles. The smallest absolute Gasteiger partial charge is 0.238 e. The number of amides is 1. The highest BCUT2D eigenvalue weighted by molar-refractivity contribution is 8.00. The number of methoxy groups -OCH3 is 3. The number of thioether (sulfide) groups is 1. The van der Waals surface area contributed by atoms with Crippen LogP contribution in [-0.4, -0.2) is 37.5 Å². The van der Waals surface area contributed by atoms with Gasteiger partial charge in [-0.25, -0.2) is 4.98 Å². The van der Waals surface area contributed by atoms with Gasteiger partial charge in [-0.15, -0.1) is 0 Å². The number of hydrogen-bond acceptors (Lipinski definition) is 7. The maximum atomic E-state index is 13.5. The van der Waals surface area contributed by atoms with Crippen molar-refractivity contribution in [2.24, 2.45) is 0 Å². The van der Waals surface area contributed by atoms with Crippen LogP contribution >= 0.6 is 23.4 Å². The Labute approximate surface area is 249 Å². The third-order valence-electron chi connectivity index (χ3n) is 6.50. The average Bonchev–Trinajstić information content (AvgIpc) is 2.99. The van der Waals surface area contributed by atoms with E-state index in [1.54, 1.807) is 19.2 Å². The van der Waals surface area contributed by atoms with Crippen molar-refractivity contribution in [2.45, 2.75) is 30.5 Å². The van der Waals surface area contributed by atoms with E-state index in [0.29, 0.717) is 44.9 Å². The van der Waals surface area contributed by atoms with E-state index in [-0.39, 0.29) is 5.91 Å². The van der Waals surface area contributed by atoms with E-state index < -0.39 is 5.25 Å². The second-order valence-electron chi connectivity index (χ2n) is 9.13. The molecule has 210 valence electrons. The zero-order valence-corrected chi connectivity index (χ0v) is 25.0. The topological polar surface area (TPSA) is 93.5 Å². The third kappa shape index (κ3) is 6.76. The highest BCUT2D eigenvalue weighted by Crippen LogP contribution is 2.39. The van der Waals surface area contributed by atoms with Gasteiger partial charge in [0, 0.05) is 17.2 Å². The molecule has 1 aromatic heterocycles. The predicted octanol–water partition coefficient (Wildman–Crippen LogP) is 7.78. The van der Waals surface area contributed by atoms with Crippen molar-refractivity contribution < 1.29 is 19.0 Å². The van der Waals surface area contributed by atoms with Crippen LogP contribution in [0.1, 0.15) is 24.5 Å². The summed E-state index contributed by atoms with van der Waals surface area (Å²) < 4.78 is 16.0. The Kier molecular flexibility index (Phi) is 9.77. The number of hydrogen-bond donors (Lipinski definition) is 1. The van der Waals surface area contributed by atoms with Crippen LogP contribution < -0.4 is 19.5 Å². The van der Waals surface area contributed by atoms with E-state index >= 15 is 0 Å². The van der Waals surface area contributed by atoms with E-state index in [9.17, 15) is 10.1 Å². The fraction of sp³-hybridized carbons (Fsp3) is 0.219. The second kappa shape index (κ2) is 13.4. The number of nitriles is 1. The number of nitrogens with one attached hydrogen (secondary N) is 1. The van der Waals surface area contributed by atoms with E-state index in [0.717, 1.165) is 28.0 Å². The molecule has 0 bridgehead atoms. The molecule has 0 aliphatic rings. The van der Waals surface area contributed by atoms with Crippen molar-refractivity contribution >= 4 is 35.0 Å². The summed E-state index contributed by atoms with van der Waals surface area (Å²) in [7, 11) is 4.63. The van der Waals surface area contributed by atoms with Crippen LogP contribution in [0, 0.1) is 18.3 Å². The number of aryl methyl sites for hydroxylation is 1. The SMILES string of the molecule is CCC(Sc1nc(-c2ccc(OC)cc2)cc(-c2ccc(C)cc2)c1C#N)C(=O)Nc1cc(Cl)c(OC)cc1OC. The maximum absolute atomic E-state index is 13.5. The van der Waals surface area contributed by atoms with Crippen molar-refractivity contribution in [3.05, 3.63) is 82.9 Å². The maximum Gasteiger partial charge on any atom is 0.238 e. The monoisotopic (exact) mass is 587 g/mol. The summed E-state index contributed by atoms with van der Waals surface area (Å²) in [6.45, 7) is 3.93. The number of anilines is 1. The Hall–Kier alpha value is -4.19. The first-order valence-corrected chi connectivity index (χ1v) is 14.1. The molecule has 4 aromatic rings. The number of nitrogens with zero attached hydrogens (tertiary/aromatic N) is 2. The Bertz CT molecular complexity index is 1590. The minimum Gasteiger partial charge on any atom is -0.497 e. The van der Waals surface area contributed by atoms with Crippen LogP contribution in [0.5, 0.6) is 17.2 Å². The summed E-state index contributed by atoms with van der Waals surface area (Å²) in [6.07, 6.45) is 0.488. The summed E-state index contributed by atoms with van der Waals surface area (Å²) >= 11 is 7.57. The van der Waals surface area contributed by atoms with Crippen LogP contribution in [0.4, 0.5) is 5.69 Å². The standard InChI is InChI=1S/C32H30ClN3O4S/c1-6-30(31(37)35-27-16-25(33)28(39-4)17-29(27)40-5)41-32-24(18-34)23(20-9-7-19(2)8-10-20)15-26(36-32)21-11-13-22(38-3)14-12-21/h7-17,30H,6H2,1-5H3,(H,35,37). The fourth-order valence-electron chi connectivity index (χ4n) is 4.21. The fourth-order valence-corrected chi connectivity index (χ4v) is 5.48. The normalized spacial score (nSPS) is 11.3. The molecule has 1 heterocycles. The lowest BCUT2D eigenvalue weighted by molar-refractivity contribution is -0.115. The molecule has 4 rings (SSSR count). The van der Waals surface area contributed by atoms with Crippen LogP contribution in [0.15, 0.2) is 71.8 Å². The number of halogens is 1. The molecule has 0 spiro atoms. The van der Waals surface area contributed by atoms with Crippen molar-refractivity contribution in [3.63, 3.8) is 0 Å². The van der Waals surface area contributed by atoms with Crippen molar-refractivity contribution in [3.8, 4) is 45.7 Å². The number of rotatable bonds is 10. The number of carbonyl (C=O) groups excluding carboxylic acids is 1. The first-order chi connectivity index (χ1) is 19.8. The molecule has 7 nitrogen and oxygen atoms in total. The van der Waals surface area contributed by atoms with Gasteiger partial charge in [0.05, 0.1) is 48.5 Å². The molecule has 1 unspecified atom stereocenters.